The van der Waals surface area contributed by atoms with E-state index in [1.165, 1.54) is 23.0 Å². The summed E-state index contributed by atoms with van der Waals surface area (Å²) in [4.78, 5) is 58.6. The molecule has 42 heavy (non-hydrogen) atoms. The molecule has 2 aromatic heterocycles. The number of pyridine rings is 1. The van der Waals surface area contributed by atoms with E-state index in [4.69, 9.17) is 11.6 Å². The van der Waals surface area contributed by atoms with Crippen LogP contribution >= 0.6 is 34.7 Å². The van der Waals surface area contributed by atoms with Crippen LogP contribution in [0.15, 0.2) is 82.9 Å². The van der Waals surface area contributed by atoms with Crippen LogP contribution in [0, 0.1) is 5.92 Å². The molecule has 2 aliphatic heterocycles. The minimum Gasteiger partial charge on any atom is -0.325 e. The van der Waals surface area contributed by atoms with Gasteiger partial charge in [0.05, 0.1) is 22.2 Å². The van der Waals surface area contributed by atoms with Gasteiger partial charge in [-0.1, -0.05) is 46.8 Å². The second-order valence-electron chi connectivity index (χ2n) is 9.57. The van der Waals surface area contributed by atoms with Crippen LogP contribution < -0.4 is 15.1 Å². The van der Waals surface area contributed by atoms with Crippen LogP contribution in [-0.2, 0) is 27.1 Å². The van der Waals surface area contributed by atoms with E-state index in [2.05, 4.69) is 10.3 Å². The fourth-order valence-corrected chi connectivity index (χ4v) is 8.03. The number of halogens is 4. The minimum atomic E-state index is -4.67. The number of carbonyl (C=O) groups excluding carboxylic acids is 3. The van der Waals surface area contributed by atoms with Crippen LogP contribution in [0.2, 0.25) is 5.02 Å². The number of anilines is 2. The molecule has 1 saturated heterocycles. The number of amides is 3. The number of carbonyl (C=O) groups is 3. The lowest BCUT2D eigenvalue weighted by Crippen LogP contribution is -2.33. The second kappa shape index (κ2) is 10.7. The van der Waals surface area contributed by atoms with Gasteiger partial charge >= 0.3 is 11.0 Å². The smallest absolute Gasteiger partial charge is 0.325 e. The first kappa shape index (κ1) is 28.2. The third-order valence-electron chi connectivity index (χ3n) is 6.95. The van der Waals surface area contributed by atoms with E-state index in [-0.39, 0.29) is 12.2 Å². The van der Waals surface area contributed by atoms with Gasteiger partial charge in [-0.05, 0) is 54.1 Å². The predicted octanol–water partition coefficient (Wildman–Crippen LogP) is 5.41. The maximum absolute atomic E-state index is 13.8. The minimum absolute atomic E-state index is 0.192. The molecule has 3 amide bonds. The molecule has 4 heterocycles. The maximum Gasteiger partial charge on any atom is 0.416 e. The maximum atomic E-state index is 13.8. The van der Waals surface area contributed by atoms with Crippen molar-refractivity contribution in [3.63, 3.8) is 0 Å². The Morgan fingerprint density at radius 2 is 1.79 bits per heavy atom. The number of nitrogens with zero attached hydrogens (tertiary/aromatic N) is 3. The van der Waals surface area contributed by atoms with Gasteiger partial charge in [0.1, 0.15) is 11.8 Å². The Morgan fingerprint density at radius 3 is 2.48 bits per heavy atom. The number of thiazole rings is 1. The zero-order valence-corrected chi connectivity index (χ0v) is 23.6. The van der Waals surface area contributed by atoms with E-state index >= 15 is 0 Å². The third kappa shape index (κ3) is 5.01. The molecular formula is C28H18ClF3N4O4S2. The number of rotatable bonds is 5. The van der Waals surface area contributed by atoms with Gasteiger partial charge in [0.25, 0.3) is 0 Å². The molecule has 0 aliphatic carbocycles. The van der Waals surface area contributed by atoms with E-state index in [0.29, 0.717) is 26.2 Å². The molecule has 14 heteroatoms. The van der Waals surface area contributed by atoms with Gasteiger partial charge in [0.2, 0.25) is 17.7 Å². The van der Waals surface area contributed by atoms with Crippen molar-refractivity contribution in [2.45, 2.75) is 28.9 Å². The molecule has 0 saturated carbocycles. The van der Waals surface area contributed by atoms with Crippen molar-refractivity contribution in [2.24, 2.45) is 5.92 Å². The zero-order valence-electron chi connectivity index (χ0n) is 21.2. The molecule has 0 radical (unpaired) electrons. The Kier molecular flexibility index (Phi) is 7.19. The van der Waals surface area contributed by atoms with Crippen molar-refractivity contribution in [3.8, 4) is 0 Å². The van der Waals surface area contributed by atoms with Crippen LogP contribution in [0.5, 0.6) is 0 Å². The lowest BCUT2D eigenvalue weighted by Gasteiger charge is -2.30. The number of thioether (sulfide) groups is 1. The molecule has 0 spiro atoms. The normalized spacial score (nSPS) is 19.9. The summed E-state index contributed by atoms with van der Waals surface area (Å²) in [5.74, 6) is -3.68. The highest BCUT2D eigenvalue weighted by Gasteiger charge is 2.57. The molecular weight excluding hydrogens is 613 g/mol. The van der Waals surface area contributed by atoms with Crippen molar-refractivity contribution in [1.29, 1.82) is 0 Å². The summed E-state index contributed by atoms with van der Waals surface area (Å²) in [6, 6.07) is 13.8. The average molecular weight is 631 g/mol. The Labute approximate surface area is 249 Å². The van der Waals surface area contributed by atoms with Gasteiger partial charge in [-0.25, -0.2) is 4.90 Å². The highest BCUT2D eigenvalue weighted by Crippen LogP contribution is 2.54. The lowest BCUT2D eigenvalue weighted by molar-refractivity contribution is -0.137. The van der Waals surface area contributed by atoms with Crippen LogP contribution in [-0.4, -0.2) is 32.5 Å². The fraction of sp³-hybridized carbons (Fsp3) is 0.179. The summed E-state index contributed by atoms with van der Waals surface area (Å²) in [6.07, 6.45) is -1.62. The summed E-state index contributed by atoms with van der Waals surface area (Å²) in [5.41, 5.74) is -0.162. The molecule has 0 unspecified atom stereocenters. The summed E-state index contributed by atoms with van der Waals surface area (Å²) >= 11 is 7.72. The topological polar surface area (TPSA) is 101 Å². The van der Waals surface area contributed by atoms with Crippen LogP contribution in [0.4, 0.5) is 24.5 Å². The van der Waals surface area contributed by atoms with Gasteiger partial charge in [0, 0.05) is 33.9 Å². The molecule has 2 aliphatic rings. The van der Waals surface area contributed by atoms with Crippen molar-refractivity contribution in [1.82, 2.24) is 9.55 Å². The number of benzene rings is 2. The van der Waals surface area contributed by atoms with Gasteiger partial charge in [-0.2, -0.15) is 13.2 Å². The SMILES string of the molecule is O=C(Cn1c2c(sc1=O)[C@@H](c1cccnc1)[C@H]1C(=O)N(c3cccc(C(F)(F)F)c3)C(=O)[C@H]1S2)Nc1ccc(Cl)cc1. The predicted molar refractivity (Wildman–Crippen MR) is 152 cm³/mol. The Hall–Kier alpha value is -3.94. The van der Waals surface area contributed by atoms with E-state index in [1.807, 2.05) is 0 Å². The van der Waals surface area contributed by atoms with Crippen molar-refractivity contribution < 1.29 is 27.6 Å². The Bertz CT molecular complexity index is 1780. The standard InChI is InChI=1S/C28H18ClF3N4O4S2/c29-16-6-8-17(9-7-16)34-19(37)13-35-26-23(42-27(35)40)20(14-3-2-10-33-12-14)21-22(41-26)25(39)36(24(21)38)18-5-1-4-15(11-18)28(30,31)32/h1-12,20-22H,13H2,(H,34,37)/t20-,21+,22-/m0/s1. The van der Waals surface area contributed by atoms with Gasteiger partial charge in [-0.15, -0.1) is 0 Å². The highest BCUT2D eigenvalue weighted by atomic mass is 35.5. The second-order valence-corrected chi connectivity index (χ2v) is 12.1. The molecule has 3 atom stereocenters. The molecule has 6 rings (SSSR count). The zero-order chi connectivity index (χ0) is 29.8. The summed E-state index contributed by atoms with van der Waals surface area (Å²) in [7, 11) is 0. The molecule has 2 aromatic carbocycles. The average Bonchev–Trinajstić information content (AvgIpc) is 3.40. The largest absolute Gasteiger partial charge is 0.416 e. The molecule has 8 nitrogen and oxygen atoms in total. The monoisotopic (exact) mass is 630 g/mol. The van der Waals surface area contributed by atoms with E-state index < -0.39 is 51.4 Å². The number of fused-ring (bicyclic) bond motifs is 2. The fourth-order valence-electron chi connectivity index (χ4n) is 5.13. The number of hydrogen-bond donors (Lipinski definition) is 1. The summed E-state index contributed by atoms with van der Waals surface area (Å²) < 4.78 is 41.6. The van der Waals surface area contributed by atoms with Crippen LogP contribution in [0.25, 0.3) is 0 Å². The lowest BCUT2D eigenvalue weighted by atomic mass is 9.84. The van der Waals surface area contributed by atoms with Gasteiger partial charge in [0.15, 0.2) is 0 Å². The molecule has 214 valence electrons. The quantitative estimate of drug-likeness (QED) is 0.296. The van der Waals surface area contributed by atoms with Gasteiger partial charge in [-0.3, -0.25) is 28.7 Å². The Morgan fingerprint density at radius 1 is 1.02 bits per heavy atom. The van der Waals surface area contributed by atoms with Gasteiger partial charge < -0.3 is 5.32 Å². The molecule has 1 N–H and O–H groups in total. The van der Waals surface area contributed by atoms with Crippen LogP contribution in [0.3, 0.4) is 0 Å². The van der Waals surface area contributed by atoms with Crippen molar-refractivity contribution in [2.75, 3.05) is 10.2 Å². The first-order chi connectivity index (χ1) is 20.0. The first-order valence-corrected chi connectivity index (χ1v) is 14.5. The van der Waals surface area contributed by atoms with E-state index in [1.54, 1.807) is 36.4 Å². The van der Waals surface area contributed by atoms with Crippen molar-refractivity contribution >= 4 is 63.8 Å². The number of alkyl halides is 3. The number of hydrogen-bond acceptors (Lipinski definition) is 7. The molecule has 0 bridgehead atoms. The molecule has 1 fully saturated rings. The first-order valence-electron chi connectivity index (χ1n) is 12.4. The number of imide groups is 1. The van der Waals surface area contributed by atoms with E-state index in [9.17, 15) is 32.3 Å². The highest BCUT2D eigenvalue weighted by molar-refractivity contribution is 8.00. The number of nitrogens with one attached hydrogen (secondary N) is 1. The molecule has 4 aromatic rings. The summed E-state index contributed by atoms with van der Waals surface area (Å²) in [6.45, 7) is -0.364. The van der Waals surface area contributed by atoms with Crippen LogP contribution in [0.1, 0.15) is 21.9 Å². The van der Waals surface area contributed by atoms with Crippen molar-refractivity contribution in [3.05, 3.63) is 104 Å². The number of aromatic nitrogens is 2. The third-order valence-corrected chi connectivity index (χ3v) is 9.81. The Balaban J connectivity index is 1.39. The summed E-state index contributed by atoms with van der Waals surface area (Å²) in [5, 5.41) is 2.48. The van der Waals surface area contributed by atoms with E-state index in [0.717, 1.165) is 46.2 Å².